The number of hydrogen-bond donors (Lipinski definition) is 0. The third-order valence-electron chi connectivity index (χ3n) is 11.2. The van der Waals surface area contributed by atoms with Crippen molar-refractivity contribution in [2.75, 3.05) is 0 Å². The van der Waals surface area contributed by atoms with Crippen molar-refractivity contribution in [2.45, 2.75) is 0 Å². The maximum Gasteiger partial charge on any atom is 0.164 e. The Hall–Kier alpha value is -7.63. The van der Waals surface area contributed by atoms with E-state index in [9.17, 15) is 0 Å². The van der Waals surface area contributed by atoms with Crippen molar-refractivity contribution in [3.05, 3.63) is 182 Å². The fraction of sp³-hybridized carbons (Fsp3) is 0. The Morgan fingerprint density at radius 2 is 0.929 bits per heavy atom. The Bertz CT molecular complexity index is 3470. The van der Waals surface area contributed by atoms with Crippen LogP contribution >= 0.6 is 0 Å². The number of fused-ring (bicyclic) bond motifs is 13. The topological polar surface area (TPSA) is 56.7 Å². The number of hydrogen-bond acceptors (Lipinski definition) is 4. The van der Waals surface area contributed by atoms with Gasteiger partial charge < -0.3 is 8.98 Å². The minimum absolute atomic E-state index is 0.634. The largest absolute Gasteiger partial charge is 0.455 e. The molecule has 0 atom stereocenters. The molecule has 12 rings (SSSR count). The molecule has 0 saturated carbocycles. The zero-order valence-electron chi connectivity index (χ0n) is 30.0. The smallest absolute Gasteiger partial charge is 0.164 e. The van der Waals surface area contributed by atoms with Gasteiger partial charge in [-0.3, -0.25) is 0 Å². The Labute approximate surface area is 320 Å². The summed E-state index contributed by atoms with van der Waals surface area (Å²) in [5, 5.41) is 11.5. The summed E-state index contributed by atoms with van der Waals surface area (Å²) < 4.78 is 8.99. The maximum absolute atomic E-state index is 6.61. The maximum atomic E-state index is 6.61. The lowest BCUT2D eigenvalue weighted by Crippen LogP contribution is -2.01. The van der Waals surface area contributed by atoms with Crippen molar-refractivity contribution in [3.8, 4) is 39.9 Å². The Kier molecular flexibility index (Phi) is 6.56. The highest BCUT2D eigenvalue weighted by atomic mass is 16.3. The molecule has 0 bridgehead atoms. The van der Waals surface area contributed by atoms with Crippen molar-refractivity contribution in [3.63, 3.8) is 0 Å². The molecule has 5 nitrogen and oxygen atoms in total. The average Bonchev–Trinajstić information content (AvgIpc) is 3.82. The molecular formula is C51H30N4O. The van der Waals surface area contributed by atoms with E-state index in [-0.39, 0.29) is 0 Å². The molecule has 3 aromatic heterocycles. The van der Waals surface area contributed by atoms with Crippen LogP contribution in [0.5, 0.6) is 0 Å². The van der Waals surface area contributed by atoms with Gasteiger partial charge in [0.15, 0.2) is 17.5 Å². The summed E-state index contributed by atoms with van der Waals surface area (Å²) in [6.45, 7) is 0. The zero-order chi connectivity index (χ0) is 36.7. The van der Waals surface area contributed by atoms with Crippen molar-refractivity contribution >= 4 is 76.1 Å². The highest BCUT2D eigenvalue weighted by Crippen LogP contribution is 2.44. The second kappa shape index (κ2) is 11.9. The number of furan rings is 1. The summed E-state index contributed by atoms with van der Waals surface area (Å²) in [5.74, 6) is 1.91. The van der Waals surface area contributed by atoms with Gasteiger partial charge in [-0.2, -0.15) is 0 Å². The van der Waals surface area contributed by atoms with Crippen molar-refractivity contribution in [1.29, 1.82) is 0 Å². The molecule has 12 aromatic rings. The molecule has 0 radical (unpaired) electrons. The third-order valence-corrected chi connectivity index (χ3v) is 11.2. The highest BCUT2D eigenvalue weighted by molar-refractivity contribution is 6.29. The van der Waals surface area contributed by atoms with E-state index < -0.39 is 0 Å². The van der Waals surface area contributed by atoms with Crippen LogP contribution in [-0.2, 0) is 0 Å². The first-order chi connectivity index (χ1) is 27.8. The minimum Gasteiger partial charge on any atom is -0.455 e. The lowest BCUT2D eigenvalue weighted by Gasteiger charge is -2.16. The van der Waals surface area contributed by atoms with E-state index in [4.69, 9.17) is 19.4 Å². The molecule has 260 valence electrons. The fourth-order valence-electron chi connectivity index (χ4n) is 8.76. The van der Waals surface area contributed by atoms with Crippen LogP contribution in [0.4, 0.5) is 0 Å². The van der Waals surface area contributed by atoms with E-state index in [1.807, 2.05) is 42.5 Å². The normalized spacial score (nSPS) is 11.9. The highest BCUT2D eigenvalue weighted by Gasteiger charge is 2.21. The van der Waals surface area contributed by atoms with Gasteiger partial charge in [0.1, 0.15) is 11.2 Å². The Balaban J connectivity index is 1.18. The SMILES string of the molecule is c1ccc(-c2nc(-c3ccccc3)nc(-c3cccc4c5ccccc5c5ccc(-n6c7ccccc7c7c8oc9ccccc9c8ccc76)cc5c34)n2)cc1. The molecule has 5 heteroatoms. The van der Waals surface area contributed by atoms with Gasteiger partial charge >= 0.3 is 0 Å². The van der Waals surface area contributed by atoms with E-state index in [2.05, 4.69) is 144 Å². The predicted octanol–water partition coefficient (Wildman–Crippen LogP) is 13.3. The summed E-state index contributed by atoms with van der Waals surface area (Å²) >= 11 is 0. The van der Waals surface area contributed by atoms with E-state index in [0.717, 1.165) is 82.3 Å². The van der Waals surface area contributed by atoms with E-state index in [1.54, 1.807) is 0 Å². The van der Waals surface area contributed by atoms with Gasteiger partial charge in [-0.1, -0.05) is 146 Å². The lowest BCUT2D eigenvalue weighted by atomic mass is 9.91. The molecule has 0 N–H and O–H groups in total. The summed E-state index contributed by atoms with van der Waals surface area (Å²) in [4.78, 5) is 15.4. The van der Waals surface area contributed by atoms with E-state index in [0.29, 0.717) is 17.5 Å². The van der Waals surface area contributed by atoms with Crippen molar-refractivity contribution in [2.24, 2.45) is 0 Å². The molecule has 0 aliphatic carbocycles. The van der Waals surface area contributed by atoms with Gasteiger partial charge in [0, 0.05) is 43.9 Å². The molecule has 0 unspecified atom stereocenters. The molecular weight excluding hydrogens is 685 g/mol. The molecule has 56 heavy (non-hydrogen) atoms. The predicted molar refractivity (Wildman–Crippen MR) is 230 cm³/mol. The number of aromatic nitrogens is 4. The van der Waals surface area contributed by atoms with Crippen molar-refractivity contribution in [1.82, 2.24) is 19.5 Å². The summed E-state index contributed by atoms with van der Waals surface area (Å²) in [6, 6.07) is 63.8. The van der Waals surface area contributed by atoms with Crippen LogP contribution in [0.15, 0.2) is 186 Å². The minimum atomic E-state index is 0.634. The first kappa shape index (κ1) is 30.8. The fourth-order valence-corrected chi connectivity index (χ4v) is 8.76. The standard InChI is InChI=1S/C51H30N4O/c1-3-14-31(15-4-1)49-52-50(32-16-5-2-6-17-32)54-51(53-49)41-23-13-22-38-35-19-8-7-18-34(35)36-27-26-33(30-42(36)46(38)41)55-43-24-11-9-21-40(43)47-44(55)29-28-39-37-20-10-12-25-45(37)56-48(39)47/h1-30H. The average molecular weight is 715 g/mol. The molecule has 0 spiro atoms. The molecule has 9 aromatic carbocycles. The van der Waals surface area contributed by atoms with Crippen molar-refractivity contribution < 1.29 is 4.42 Å². The number of nitrogens with zero attached hydrogens (tertiary/aromatic N) is 4. The number of rotatable bonds is 4. The molecule has 0 fully saturated rings. The second-order valence-corrected chi connectivity index (χ2v) is 14.3. The third kappa shape index (κ3) is 4.52. The molecule has 0 saturated heterocycles. The summed E-state index contributed by atoms with van der Waals surface area (Å²) in [7, 11) is 0. The van der Waals surface area contributed by atoms with Crippen LogP contribution in [-0.4, -0.2) is 19.5 Å². The van der Waals surface area contributed by atoms with Crippen LogP contribution in [0, 0.1) is 0 Å². The van der Waals surface area contributed by atoms with Crippen LogP contribution in [0.25, 0.3) is 116 Å². The summed E-state index contributed by atoms with van der Waals surface area (Å²) in [5.41, 5.74) is 7.93. The van der Waals surface area contributed by atoms with Crippen LogP contribution in [0.2, 0.25) is 0 Å². The summed E-state index contributed by atoms with van der Waals surface area (Å²) in [6.07, 6.45) is 0. The van der Waals surface area contributed by atoms with Crippen LogP contribution < -0.4 is 0 Å². The van der Waals surface area contributed by atoms with Gasteiger partial charge in [-0.25, -0.2) is 15.0 Å². The van der Waals surface area contributed by atoms with Gasteiger partial charge in [0.2, 0.25) is 0 Å². The van der Waals surface area contributed by atoms with Gasteiger partial charge in [-0.15, -0.1) is 0 Å². The van der Waals surface area contributed by atoms with E-state index in [1.165, 1.54) is 16.2 Å². The lowest BCUT2D eigenvalue weighted by molar-refractivity contribution is 0.673. The number of benzene rings is 9. The molecule has 3 heterocycles. The van der Waals surface area contributed by atoms with Crippen LogP contribution in [0.1, 0.15) is 0 Å². The molecule has 0 aliphatic heterocycles. The van der Waals surface area contributed by atoms with Gasteiger partial charge in [-0.05, 0) is 63.3 Å². The van der Waals surface area contributed by atoms with Gasteiger partial charge in [0.25, 0.3) is 0 Å². The Morgan fingerprint density at radius 1 is 0.357 bits per heavy atom. The second-order valence-electron chi connectivity index (χ2n) is 14.3. The monoisotopic (exact) mass is 714 g/mol. The number of para-hydroxylation sites is 2. The van der Waals surface area contributed by atoms with Crippen LogP contribution in [0.3, 0.4) is 0 Å². The van der Waals surface area contributed by atoms with E-state index >= 15 is 0 Å². The quantitative estimate of drug-likeness (QED) is 0.170. The van der Waals surface area contributed by atoms with Gasteiger partial charge in [0.05, 0.1) is 16.4 Å². The zero-order valence-corrected chi connectivity index (χ0v) is 30.0. The first-order valence-electron chi connectivity index (χ1n) is 18.9. The molecule has 0 aliphatic rings. The molecule has 0 amide bonds. The Morgan fingerprint density at radius 3 is 1.68 bits per heavy atom. The first-order valence-corrected chi connectivity index (χ1v) is 18.9.